The highest BCUT2D eigenvalue weighted by molar-refractivity contribution is 5.89. The van der Waals surface area contributed by atoms with Gasteiger partial charge >= 0.3 is 5.97 Å². The van der Waals surface area contributed by atoms with Gasteiger partial charge in [-0.2, -0.15) is 0 Å². The first-order valence-corrected chi connectivity index (χ1v) is 8.04. The van der Waals surface area contributed by atoms with Crippen LogP contribution in [0.15, 0.2) is 36.7 Å². The second-order valence-corrected chi connectivity index (χ2v) is 5.89. The average Bonchev–Trinajstić information content (AvgIpc) is 3.12. The Kier molecular flexibility index (Phi) is 5.04. The molecule has 1 saturated heterocycles. The van der Waals surface area contributed by atoms with Gasteiger partial charge < -0.3 is 14.7 Å². The fraction of sp³-hybridized carbons (Fsp3) is 0.333. The number of hydrogen-bond donors (Lipinski definition) is 1. The Balaban J connectivity index is 1.90. The van der Waals surface area contributed by atoms with Crippen LogP contribution in [0, 0.1) is 0 Å². The molecule has 1 N–H and O–H groups in total. The molecule has 1 aliphatic heterocycles. The Morgan fingerprint density at radius 1 is 1.36 bits per heavy atom. The Morgan fingerprint density at radius 3 is 2.96 bits per heavy atom. The minimum Gasteiger partial charge on any atom is -0.478 e. The smallest absolute Gasteiger partial charge is 0.335 e. The monoisotopic (exact) mass is 341 g/mol. The SMILES string of the molecule is COCC(=O)N1CCC[C@H]1c1cncc(-c2cccc(C(=O)O)c2)n1. The van der Waals surface area contributed by atoms with Crippen molar-refractivity contribution in [2.75, 3.05) is 20.3 Å². The predicted molar refractivity (Wildman–Crippen MR) is 90.0 cm³/mol. The summed E-state index contributed by atoms with van der Waals surface area (Å²) >= 11 is 0. The first kappa shape index (κ1) is 17.0. The first-order chi connectivity index (χ1) is 12.1. The van der Waals surface area contributed by atoms with Crippen LogP contribution >= 0.6 is 0 Å². The standard InChI is InChI=1S/C18H19N3O4/c1-25-11-17(22)21-7-3-6-16(21)15-10-19-9-14(20-15)12-4-2-5-13(8-12)18(23)24/h2,4-5,8-10,16H,3,6-7,11H2,1H3,(H,23,24)/t16-/m0/s1. The molecular weight excluding hydrogens is 322 g/mol. The van der Waals surface area contributed by atoms with Gasteiger partial charge in [0.25, 0.3) is 0 Å². The highest BCUT2D eigenvalue weighted by atomic mass is 16.5. The molecule has 3 rings (SSSR count). The average molecular weight is 341 g/mol. The maximum Gasteiger partial charge on any atom is 0.335 e. The third-order valence-corrected chi connectivity index (χ3v) is 4.24. The lowest BCUT2D eigenvalue weighted by Gasteiger charge is -2.24. The molecule has 0 unspecified atom stereocenters. The molecule has 0 saturated carbocycles. The quantitative estimate of drug-likeness (QED) is 0.896. The molecule has 1 aromatic carbocycles. The number of rotatable bonds is 5. The number of carbonyl (C=O) groups excluding carboxylic acids is 1. The van der Waals surface area contributed by atoms with E-state index in [9.17, 15) is 9.59 Å². The fourth-order valence-electron chi connectivity index (χ4n) is 3.07. The third kappa shape index (κ3) is 3.66. The number of benzene rings is 1. The molecule has 0 aliphatic carbocycles. The van der Waals surface area contributed by atoms with E-state index >= 15 is 0 Å². The van der Waals surface area contributed by atoms with Gasteiger partial charge in [0.1, 0.15) is 6.61 Å². The Bertz CT molecular complexity index is 793. The molecule has 1 amide bonds. The zero-order valence-electron chi connectivity index (χ0n) is 13.9. The van der Waals surface area contributed by atoms with Gasteiger partial charge in [-0.3, -0.25) is 9.78 Å². The molecule has 0 bridgehead atoms. The van der Waals surface area contributed by atoms with Crippen LogP contribution < -0.4 is 0 Å². The van der Waals surface area contributed by atoms with E-state index in [1.165, 1.54) is 13.2 Å². The van der Waals surface area contributed by atoms with Gasteiger partial charge in [0.15, 0.2) is 0 Å². The van der Waals surface area contributed by atoms with E-state index in [0.717, 1.165) is 12.8 Å². The van der Waals surface area contributed by atoms with Crippen molar-refractivity contribution < 1.29 is 19.4 Å². The van der Waals surface area contributed by atoms with Crippen LogP contribution in [-0.2, 0) is 9.53 Å². The summed E-state index contributed by atoms with van der Waals surface area (Å²) < 4.78 is 4.95. The zero-order valence-corrected chi connectivity index (χ0v) is 13.9. The summed E-state index contributed by atoms with van der Waals surface area (Å²) in [7, 11) is 1.50. The molecule has 25 heavy (non-hydrogen) atoms. The zero-order chi connectivity index (χ0) is 17.8. The maximum absolute atomic E-state index is 12.2. The van der Waals surface area contributed by atoms with Crippen LogP contribution in [0.25, 0.3) is 11.3 Å². The number of amides is 1. The fourth-order valence-corrected chi connectivity index (χ4v) is 3.07. The lowest BCUT2D eigenvalue weighted by molar-refractivity contribution is -0.136. The minimum atomic E-state index is -0.988. The van der Waals surface area contributed by atoms with Gasteiger partial charge in [0.05, 0.1) is 35.4 Å². The van der Waals surface area contributed by atoms with Crippen LogP contribution in [-0.4, -0.2) is 52.1 Å². The first-order valence-electron chi connectivity index (χ1n) is 8.04. The summed E-state index contributed by atoms with van der Waals surface area (Å²) in [6, 6.07) is 6.45. The van der Waals surface area contributed by atoms with E-state index in [-0.39, 0.29) is 24.1 Å². The molecule has 7 nitrogen and oxygen atoms in total. The molecule has 1 fully saturated rings. The van der Waals surface area contributed by atoms with Gasteiger partial charge in [-0.25, -0.2) is 9.78 Å². The molecule has 2 aromatic rings. The molecule has 1 aromatic heterocycles. The maximum atomic E-state index is 12.2. The van der Waals surface area contributed by atoms with E-state index in [4.69, 9.17) is 9.84 Å². The Hall–Kier alpha value is -2.80. The van der Waals surface area contributed by atoms with Gasteiger partial charge in [0.2, 0.25) is 5.91 Å². The van der Waals surface area contributed by atoms with E-state index < -0.39 is 5.97 Å². The van der Waals surface area contributed by atoms with Crippen molar-refractivity contribution in [3.05, 3.63) is 47.9 Å². The number of hydrogen-bond acceptors (Lipinski definition) is 5. The molecule has 1 atom stereocenters. The number of aromatic nitrogens is 2. The van der Waals surface area contributed by atoms with E-state index in [2.05, 4.69) is 9.97 Å². The van der Waals surface area contributed by atoms with Crippen molar-refractivity contribution in [1.82, 2.24) is 14.9 Å². The number of methoxy groups -OCH3 is 1. The van der Waals surface area contributed by atoms with Crippen LogP contribution in [0.1, 0.15) is 34.9 Å². The van der Waals surface area contributed by atoms with Crippen molar-refractivity contribution in [2.45, 2.75) is 18.9 Å². The highest BCUT2D eigenvalue weighted by Crippen LogP contribution is 2.31. The Morgan fingerprint density at radius 2 is 2.20 bits per heavy atom. The lowest BCUT2D eigenvalue weighted by atomic mass is 10.1. The normalized spacial score (nSPS) is 16.8. The summed E-state index contributed by atoms with van der Waals surface area (Å²) in [5.74, 6) is -1.05. The van der Waals surface area contributed by atoms with Gasteiger partial charge in [0, 0.05) is 19.2 Å². The second kappa shape index (κ2) is 7.40. The molecule has 7 heteroatoms. The number of carbonyl (C=O) groups is 2. The molecule has 0 spiro atoms. The summed E-state index contributed by atoms with van der Waals surface area (Å²) in [4.78, 5) is 34.0. The van der Waals surface area contributed by atoms with Crippen molar-refractivity contribution in [1.29, 1.82) is 0 Å². The van der Waals surface area contributed by atoms with Crippen molar-refractivity contribution in [3.8, 4) is 11.3 Å². The number of carboxylic acids is 1. The minimum absolute atomic E-state index is 0.0459. The van der Waals surface area contributed by atoms with E-state index in [1.807, 2.05) is 0 Å². The number of aromatic carboxylic acids is 1. The topological polar surface area (TPSA) is 92.6 Å². The number of nitrogens with zero attached hydrogens (tertiary/aromatic N) is 3. The largest absolute Gasteiger partial charge is 0.478 e. The number of carboxylic acid groups (broad SMARTS) is 1. The lowest BCUT2D eigenvalue weighted by Crippen LogP contribution is -2.33. The predicted octanol–water partition coefficient (Wildman–Crippen LogP) is 2.15. The van der Waals surface area contributed by atoms with Gasteiger partial charge in [-0.15, -0.1) is 0 Å². The van der Waals surface area contributed by atoms with Crippen molar-refractivity contribution in [2.24, 2.45) is 0 Å². The highest BCUT2D eigenvalue weighted by Gasteiger charge is 2.31. The third-order valence-electron chi connectivity index (χ3n) is 4.24. The van der Waals surface area contributed by atoms with Crippen molar-refractivity contribution in [3.63, 3.8) is 0 Å². The Labute approximate surface area is 145 Å². The van der Waals surface area contributed by atoms with Crippen LogP contribution in [0.2, 0.25) is 0 Å². The van der Waals surface area contributed by atoms with Gasteiger partial charge in [-0.1, -0.05) is 12.1 Å². The van der Waals surface area contributed by atoms with Crippen molar-refractivity contribution >= 4 is 11.9 Å². The summed E-state index contributed by atoms with van der Waals surface area (Å²) in [6.45, 7) is 0.720. The van der Waals surface area contributed by atoms with Crippen LogP contribution in [0.4, 0.5) is 0 Å². The number of ether oxygens (including phenoxy) is 1. The van der Waals surface area contributed by atoms with Crippen LogP contribution in [0.5, 0.6) is 0 Å². The van der Waals surface area contributed by atoms with Gasteiger partial charge in [-0.05, 0) is 25.0 Å². The molecule has 0 radical (unpaired) electrons. The molecular formula is C18H19N3O4. The summed E-state index contributed by atoms with van der Waals surface area (Å²) in [6.07, 6.45) is 4.98. The summed E-state index contributed by atoms with van der Waals surface area (Å²) in [5.41, 5.74) is 2.18. The molecule has 2 heterocycles. The molecule has 130 valence electrons. The van der Waals surface area contributed by atoms with E-state index in [0.29, 0.717) is 23.5 Å². The summed E-state index contributed by atoms with van der Waals surface area (Å²) in [5, 5.41) is 9.14. The van der Waals surface area contributed by atoms with E-state index in [1.54, 1.807) is 35.5 Å². The van der Waals surface area contributed by atoms with Crippen LogP contribution in [0.3, 0.4) is 0 Å². The number of likely N-dealkylation sites (tertiary alicyclic amines) is 1. The molecule has 1 aliphatic rings. The second-order valence-electron chi connectivity index (χ2n) is 5.89.